The highest BCUT2D eigenvalue weighted by molar-refractivity contribution is 5.76. The molecule has 196 valence electrons. The maximum absolute atomic E-state index is 12.0. The highest BCUT2D eigenvalue weighted by atomic mass is 16.5. The minimum atomic E-state index is -1.08. The van der Waals surface area contributed by atoms with E-state index >= 15 is 0 Å². The molecule has 8 heteroatoms. The summed E-state index contributed by atoms with van der Waals surface area (Å²) in [6.07, 6.45) is -0.767. The Morgan fingerprint density at radius 1 is 0.811 bits per heavy atom. The SMILES string of the molecule is COc1ccc(C(OCC(O)CNC(=O)CCCC(=O)O)(c2ccccc2)c2ccc(OC)cc2)cc1. The van der Waals surface area contributed by atoms with Gasteiger partial charge >= 0.3 is 5.97 Å². The summed E-state index contributed by atoms with van der Waals surface area (Å²) >= 11 is 0. The molecule has 8 nitrogen and oxygen atoms in total. The number of rotatable bonds is 14. The van der Waals surface area contributed by atoms with E-state index in [0.29, 0.717) is 11.5 Å². The van der Waals surface area contributed by atoms with Crippen LogP contribution in [0.1, 0.15) is 36.0 Å². The summed E-state index contributed by atoms with van der Waals surface area (Å²) in [5.74, 6) is 0.132. The van der Waals surface area contributed by atoms with Crippen molar-refractivity contribution in [1.29, 1.82) is 0 Å². The van der Waals surface area contributed by atoms with Gasteiger partial charge in [-0.15, -0.1) is 0 Å². The largest absolute Gasteiger partial charge is 0.497 e. The molecule has 0 aliphatic carbocycles. The molecule has 37 heavy (non-hydrogen) atoms. The van der Waals surface area contributed by atoms with Gasteiger partial charge < -0.3 is 29.7 Å². The van der Waals surface area contributed by atoms with Gasteiger partial charge in [0, 0.05) is 19.4 Å². The van der Waals surface area contributed by atoms with Gasteiger partial charge in [-0.2, -0.15) is 0 Å². The number of aliphatic hydroxyl groups is 1. The molecular weight excluding hydrogens is 474 g/mol. The average molecular weight is 508 g/mol. The van der Waals surface area contributed by atoms with E-state index in [1.165, 1.54) is 0 Å². The highest BCUT2D eigenvalue weighted by Gasteiger charge is 2.38. The van der Waals surface area contributed by atoms with E-state index in [1.807, 2.05) is 78.9 Å². The van der Waals surface area contributed by atoms with Crippen LogP contribution in [0.4, 0.5) is 0 Å². The normalized spacial score (nSPS) is 12.0. The fourth-order valence-corrected chi connectivity index (χ4v) is 4.07. The third-order valence-corrected chi connectivity index (χ3v) is 5.99. The molecule has 0 saturated heterocycles. The van der Waals surface area contributed by atoms with Crippen LogP contribution < -0.4 is 14.8 Å². The Kier molecular flexibility index (Phi) is 10.1. The van der Waals surface area contributed by atoms with Gasteiger partial charge in [-0.1, -0.05) is 54.6 Å². The number of hydrogen-bond acceptors (Lipinski definition) is 6. The molecule has 1 amide bonds. The van der Waals surface area contributed by atoms with Crippen LogP contribution in [-0.2, 0) is 19.9 Å². The number of amides is 1. The van der Waals surface area contributed by atoms with Gasteiger partial charge in [-0.05, 0) is 47.4 Å². The number of carboxylic acids is 1. The Morgan fingerprint density at radius 2 is 1.32 bits per heavy atom. The molecule has 0 aliphatic heterocycles. The molecule has 1 unspecified atom stereocenters. The van der Waals surface area contributed by atoms with Gasteiger partial charge in [0.25, 0.3) is 0 Å². The predicted molar refractivity (Wildman–Crippen MR) is 139 cm³/mol. The third-order valence-electron chi connectivity index (χ3n) is 5.99. The monoisotopic (exact) mass is 507 g/mol. The number of methoxy groups -OCH3 is 2. The number of aliphatic carboxylic acids is 1. The second kappa shape index (κ2) is 13.4. The number of hydrogen-bond donors (Lipinski definition) is 3. The van der Waals surface area contributed by atoms with Crippen LogP contribution in [0.25, 0.3) is 0 Å². The van der Waals surface area contributed by atoms with E-state index in [0.717, 1.165) is 16.7 Å². The van der Waals surface area contributed by atoms with Crippen LogP contribution >= 0.6 is 0 Å². The van der Waals surface area contributed by atoms with Crippen LogP contribution in [-0.4, -0.2) is 55.6 Å². The second-order valence-corrected chi connectivity index (χ2v) is 8.52. The number of nitrogens with one attached hydrogen (secondary N) is 1. The maximum atomic E-state index is 12.0. The van der Waals surface area contributed by atoms with E-state index in [-0.39, 0.29) is 38.3 Å². The number of carbonyl (C=O) groups excluding carboxylic acids is 1. The van der Waals surface area contributed by atoms with E-state index in [2.05, 4.69) is 5.32 Å². The average Bonchev–Trinajstić information content (AvgIpc) is 2.93. The summed E-state index contributed by atoms with van der Waals surface area (Å²) in [7, 11) is 3.21. The van der Waals surface area contributed by atoms with E-state index in [1.54, 1.807) is 14.2 Å². The lowest BCUT2D eigenvalue weighted by molar-refractivity contribution is -0.137. The smallest absolute Gasteiger partial charge is 0.303 e. The van der Waals surface area contributed by atoms with Crippen molar-refractivity contribution in [2.45, 2.75) is 31.0 Å². The molecule has 0 bridgehead atoms. The molecule has 3 rings (SSSR count). The zero-order valence-corrected chi connectivity index (χ0v) is 21.1. The Labute approximate surface area is 216 Å². The molecule has 3 N–H and O–H groups in total. The number of aliphatic hydroxyl groups excluding tert-OH is 1. The number of carbonyl (C=O) groups is 2. The zero-order valence-electron chi connectivity index (χ0n) is 21.1. The molecular formula is C29H33NO7. The van der Waals surface area contributed by atoms with Crippen molar-refractivity contribution in [3.63, 3.8) is 0 Å². The summed E-state index contributed by atoms with van der Waals surface area (Å²) in [4.78, 5) is 22.7. The third kappa shape index (κ3) is 7.31. The fraction of sp³-hybridized carbons (Fsp3) is 0.310. The molecule has 0 spiro atoms. The van der Waals surface area contributed by atoms with Crippen molar-refractivity contribution in [2.75, 3.05) is 27.4 Å². The molecule has 0 heterocycles. The first-order valence-electron chi connectivity index (χ1n) is 12.0. The standard InChI is InChI=1S/C29H33NO7/c1-35-25-15-11-22(12-16-25)29(21-7-4-3-5-8-21,23-13-17-26(36-2)18-14-23)37-20-24(31)19-30-27(32)9-6-10-28(33)34/h3-5,7-8,11-18,24,31H,6,9-10,19-20H2,1-2H3,(H,30,32)(H,33,34). The van der Waals surface area contributed by atoms with Crippen molar-refractivity contribution < 1.29 is 34.0 Å². The van der Waals surface area contributed by atoms with Gasteiger partial charge in [-0.3, -0.25) is 9.59 Å². The molecule has 3 aromatic carbocycles. The highest BCUT2D eigenvalue weighted by Crippen LogP contribution is 2.41. The summed E-state index contributed by atoms with van der Waals surface area (Å²) in [6, 6.07) is 24.8. The van der Waals surface area contributed by atoms with Gasteiger partial charge in [0.15, 0.2) is 0 Å². The fourth-order valence-electron chi connectivity index (χ4n) is 4.07. The second-order valence-electron chi connectivity index (χ2n) is 8.52. The molecule has 0 fully saturated rings. The van der Waals surface area contributed by atoms with Gasteiger partial charge in [0.2, 0.25) is 5.91 Å². The van der Waals surface area contributed by atoms with E-state index in [4.69, 9.17) is 19.3 Å². The van der Waals surface area contributed by atoms with Crippen LogP contribution in [0.5, 0.6) is 11.5 Å². The van der Waals surface area contributed by atoms with Crippen molar-refractivity contribution in [3.05, 3.63) is 95.6 Å². The summed E-state index contributed by atoms with van der Waals surface area (Å²) in [5, 5.41) is 22.1. The summed E-state index contributed by atoms with van der Waals surface area (Å²) in [6.45, 7) is -0.107. The Balaban J connectivity index is 1.89. The lowest BCUT2D eigenvalue weighted by Crippen LogP contribution is -2.39. The van der Waals surface area contributed by atoms with Crippen molar-refractivity contribution in [1.82, 2.24) is 5.32 Å². The van der Waals surface area contributed by atoms with Crippen molar-refractivity contribution in [2.24, 2.45) is 0 Å². The number of ether oxygens (including phenoxy) is 3. The van der Waals surface area contributed by atoms with Crippen molar-refractivity contribution >= 4 is 11.9 Å². The number of carboxylic acid groups (broad SMARTS) is 1. The topological polar surface area (TPSA) is 114 Å². The minimum absolute atomic E-state index is 0.0258. The molecule has 1 atom stereocenters. The first-order chi connectivity index (χ1) is 17.9. The Morgan fingerprint density at radius 3 is 1.81 bits per heavy atom. The quantitative estimate of drug-likeness (QED) is 0.285. The van der Waals surface area contributed by atoms with E-state index < -0.39 is 17.7 Å². The van der Waals surface area contributed by atoms with Gasteiger partial charge in [0.1, 0.15) is 17.1 Å². The summed E-state index contributed by atoms with van der Waals surface area (Å²) < 4.78 is 17.3. The van der Waals surface area contributed by atoms with Crippen LogP contribution in [0.15, 0.2) is 78.9 Å². The van der Waals surface area contributed by atoms with Crippen molar-refractivity contribution in [3.8, 4) is 11.5 Å². The zero-order chi connectivity index (χ0) is 26.7. The Hall–Kier alpha value is -3.88. The molecule has 3 aromatic rings. The van der Waals surface area contributed by atoms with Gasteiger partial charge in [0.05, 0.1) is 26.9 Å². The maximum Gasteiger partial charge on any atom is 0.303 e. The summed E-state index contributed by atoms with van der Waals surface area (Å²) in [5.41, 5.74) is 1.44. The van der Waals surface area contributed by atoms with Crippen LogP contribution in [0.2, 0.25) is 0 Å². The molecule has 0 saturated carbocycles. The predicted octanol–water partition coefficient (Wildman–Crippen LogP) is 3.74. The lowest BCUT2D eigenvalue weighted by Gasteiger charge is -2.36. The first-order valence-corrected chi connectivity index (χ1v) is 12.0. The molecule has 0 aromatic heterocycles. The molecule has 0 aliphatic rings. The minimum Gasteiger partial charge on any atom is -0.497 e. The van der Waals surface area contributed by atoms with E-state index in [9.17, 15) is 14.7 Å². The number of benzene rings is 3. The first kappa shape index (κ1) is 27.7. The Bertz CT molecular complexity index is 1080. The van der Waals surface area contributed by atoms with Crippen LogP contribution in [0, 0.1) is 0 Å². The lowest BCUT2D eigenvalue weighted by atomic mass is 9.80. The van der Waals surface area contributed by atoms with Gasteiger partial charge in [-0.25, -0.2) is 0 Å². The van der Waals surface area contributed by atoms with Crippen LogP contribution in [0.3, 0.4) is 0 Å². The molecule has 0 radical (unpaired) electrons.